The van der Waals surface area contributed by atoms with Crippen molar-refractivity contribution in [2.45, 2.75) is 26.3 Å². The van der Waals surface area contributed by atoms with Gasteiger partial charge in [-0.3, -0.25) is 14.9 Å². The van der Waals surface area contributed by atoms with E-state index >= 15 is 0 Å². The second kappa shape index (κ2) is 7.07. The number of aliphatic hydroxyl groups excluding tert-OH is 1. The number of amides is 1. The van der Waals surface area contributed by atoms with Crippen LogP contribution in [0.2, 0.25) is 0 Å². The molecule has 1 aromatic carbocycles. The van der Waals surface area contributed by atoms with Gasteiger partial charge in [-0.15, -0.1) is 0 Å². The van der Waals surface area contributed by atoms with Crippen molar-refractivity contribution in [3.63, 3.8) is 0 Å². The first-order chi connectivity index (χ1) is 9.77. The summed E-state index contributed by atoms with van der Waals surface area (Å²) in [6.07, 6.45) is 0.251. The molecule has 0 heterocycles. The third kappa shape index (κ3) is 4.19. The van der Waals surface area contributed by atoms with E-state index in [9.17, 15) is 23.7 Å². The van der Waals surface area contributed by atoms with Crippen molar-refractivity contribution in [2.75, 3.05) is 6.61 Å². The normalized spacial score (nSPS) is 12.3. The zero-order chi connectivity index (χ0) is 16.2. The Morgan fingerprint density at radius 3 is 2.43 bits per heavy atom. The van der Waals surface area contributed by atoms with E-state index in [1.54, 1.807) is 13.8 Å². The van der Waals surface area contributed by atoms with E-state index in [4.69, 9.17) is 5.11 Å². The molecular weight excluding hydrogens is 286 g/mol. The molecule has 0 spiro atoms. The number of benzene rings is 1. The lowest BCUT2D eigenvalue weighted by Crippen LogP contribution is -2.39. The van der Waals surface area contributed by atoms with Crippen molar-refractivity contribution in [1.82, 2.24) is 5.32 Å². The third-order valence-corrected chi connectivity index (χ3v) is 3.04. The number of nitro benzene ring substituents is 1. The first-order valence-corrected chi connectivity index (χ1v) is 6.33. The van der Waals surface area contributed by atoms with Gasteiger partial charge in [-0.2, -0.15) is 0 Å². The minimum Gasteiger partial charge on any atom is -0.396 e. The van der Waals surface area contributed by atoms with Crippen LogP contribution in [0.4, 0.5) is 14.5 Å². The number of halogens is 2. The number of nitrogens with one attached hydrogen (secondary N) is 1. The van der Waals surface area contributed by atoms with Gasteiger partial charge in [0.05, 0.1) is 11.0 Å². The van der Waals surface area contributed by atoms with E-state index in [1.807, 2.05) is 0 Å². The van der Waals surface area contributed by atoms with Crippen LogP contribution < -0.4 is 5.32 Å². The Labute approximate surface area is 119 Å². The van der Waals surface area contributed by atoms with E-state index < -0.39 is 39.8 Å². The molecular formula is C13H16F2N2O4. The summed E-state index contributed by atoms with van der Waals surface area (Å²) in [5.74, 6) is -3.65. The minimum atomic E-state index is -1.39. The molecule has 116 valence electrons. The van der Waals surface area contributed by atoms with Crippen molar-refractivity contribution in [1.29, 1.82) is 0 Å². The predicted octanol–water partition coefficient (Wildman–Crippen LogP) is 2.01. The van der Waals surface area contributed by atoms with Gasteiger partial charge < -0.3 is 10.4 Å². The summed E-state index contributed by atoms with van der Waals surface area (Å²) in [4.78, 5) is 21.9. The largest absolute Gasteiger partial charge is 0.396 e. The van der Waals surface area contributed by atoms with Gasteiger partial charge in [-0.05, 0) is 18.4 Å². The van der Waals surface area contributed by atoms with Crippen molar-refractivity contribution < 1.29 is 23.6 Å². The van der Waals surface area contributed by atoms with E-state index in [2.05, 4.69) is 5.32 Å². The van der Waals surface area contributed by atoms with Gasteiger partial charge in [0.2, 0.25) is 0 Å². The fraction of sp³-hybridized carbons (Fsp3) is 0.462. The number of nitro groups is 1. The molecule has 0 radical (unpaired) electrons. The number of hydrogen-bond donors (Lipinski definition) is 2. The fourth-order valence-electron chi connectivity index (χ4n) is 1.83. The van der Waals surface area contributed by atoms with Crippen LogP contribution in [0, 0.1) is 27.7 Å². The first-order valence-electron chi connectivity index (χ1n) is 6.33. The number of nitrogens with zero attached hydrogens (tertiary/aromatic N) is 1. The van der Waals surface area contributed by atoms with Gasteiger partial charge in [0.1, 0.15) is 5.56 Å². The quantitative estimate of drug-likeness (QED) is 0.621. The van der Waals surface area contributed by atoms with Gasteiger partial charge in [0, 0.05) is 12.6 Å². The Kier molecular flexibility index (Phi) is 5.71. The maximum Gasteiger partial charge on any atom is 0.285 e. The predicted molar refractivity (Wildman–Crippen MR) is 70.8 cm³/mol. The molecule has 0 bridgehead atoms. The summed E-state index contributed by atoms with van der Waals surface area (Å²) >= 11 is 0. The molecule has 1 amide bonds. The highest BCUT2D eigenvalue weighted by molar-refractivity contribution is 5.98. The Bertz CT molecular complexity index is 549. The monoisotopic (exact) mass is 302 g/mol. The molecule has 0 aliphatic rings. The summed E-state index contributed by atoms with van der Waals surface area (Å²) < 4.78 is 26.3. The van der Waals surface area contributed by atoms with Gasteiger partial charge in [-0.25, -0.2) is 8.78 Å². The van der Waals surface area contributed by atoms with E-state index in [0.717, 1.165) is 0 Å². The van der Waals surface area contributed by atoms with Crippen molar-refractivity contribution in [3.05, 3.63) is 39.4 Å². The molecule has 1 rings (SSSR count). The molecule has 0 aliphatic carbocycles. The average molecular weight is 302 g/mol. The number of hydrogen-bond acceptors (Lipinski definition) is 4. The lowest BCUT2D eigenvalue weighted by atomic mass is 10.0. The molecule has 1 aromatic rings. The smallest absolute Gasteiger partial charge is 0.285 e. The van der Waals surface area contributed by atoms with E-state index in [1.165, 1.54) is 0 Å². The zero-order valence-corrected chi connectivity index (χ0v) is 11.6. The van der Waals surface area contributed by atoms with Crippen LogP contribution in [0.1, 0.15) is 30.6 Å². The number of rotatable bonds is 6. The fourth-order valence-corrected chi connectivity index (χ4v) is 1.83. The van der Waals surface area contributed by atoms with Crippen molar-refractivity contribution in [3.8, 4) is 0 Å². The molecule has 21 heavy (non-hydrogen) atoms. The summed E-state index contributed by atoms with van der Waals surface area (Å²) in [5.41, 5.74) is -1.36. The highest BCUT2D eigenvalue weighted by atomic mass is 19.2. The van der Waals surface area contributed by atoms with Crippen LogP contribution in [0.25, 0.3) is 0 Å². The Hall–Kier alpha value is -2.09. The van der Waals surface area contributed by atoms with Crippen LogP contribution in [0.3, 0.4) is 0 Å². The molecule has 0 aliphatic heterocycles. The molecule has 0 saturated carbocycles. The highest BCUT2D eigenvalue weighted by Gasteiger charge is 2.26. The molecule has 0 aromatic heterocycles. The highest BCUT2D eigenvalue weighted by Crippen LogP contribution is 2.22. The zero-order valence-electron chi connectivity index (χ0n) is 11.6. The molecule has 1 atom stereocenters. The lowest BCUT2D eigenvalue weighted by Gasteiger charge is -2.21. The molecule has 0 saturated heterocycles. The Morgan fingerprint density at radius 1 is 1.38 bits per heavy atom. The van der Waals surface area contributed by atoms with Crippen LogP contribution in [0.5, 0.6) is 0 Å². The molecule has 0 fully saturated rings. The standard InChI is InChI=1S/C13H16F2N2O4/c1-7(2)11(3-4-18)16-13(19)8-5-9(14)10(15)6-12(8)17(20)21/h5-7,11,18H,3-4H2,1-2H3,(H,16,19). The van der Waals surface area contributed by atoms with Crippen LogP contribution in [-0.2, 0) is 0 Å². The Morgan fingerprint density at radius 2 is 1.95 bits per heavy atom. The molecule has 8 heteroatoms. The second-order valence-corrected chi connectivity index (χ2v) is 4.88. The summed E-state index contributed by atoms with van der Waals surface area (Å²) in [7, 11) is 0. The third-order valence-electron chi connectivity index (χ3n) is 3.04. The van der Waals surface area contributed by atoms with Crippen LogP contribution in [-0.4, -0.2) is 28.6 Å². The van der Waals surface area contributed by atoms with Crippen LogP contribution in [0.15, 0.2) is 12.1 Å². The molecule has 6 nitrogen and oxygen atoms in total. The second-order valence-electron chi connectivity index (χ2n) is 4.88. The Balaban J connectivity index is 3.11. The first kappa shape index (κ1) is 17.0. The van der Waals surface area contributed by atoms with Gasteiger partial charge in [0.25, 0.3) is 11.6 Å². The maximum atomic E-state index is 13.2. The van der Waals surface area contributed by atoms with Gasteiger partial charge >= 0.3 is 0 Å². The SMILES string of the molecule is CC(C)C(CCO)NC(=O)c1cc(F)c(F)cc1[N+](=O)[O-]. The average Bonchev–Trinajstić information content (AvgIpc) is 2.40. The minimum absolute atomic E-state index is 0.0366. The summed E-state index contributed by atoms with van der Waals surface area (Å²) in [6, 6.07) is 0.440. The topological polar surface area (TPSA) is 92.5 Å². The summed E-state index contributed by atoms with van der Waals surface area (Å²) in [5, 5.41) is 22.2. The van der Waals surface area contributed by atoms with Crippen molar-refractivity contribution >= 4 is 11.6 Å². The maximum absolute atomic E-state index is 13.2. The van der Waals surface area contributed by atoms with Crippen molar-refractivity contribution in [2.24, 2.45) is 5.92 Å². The number of aliphatic hydroxyl groups is 1. The van der Waals surface area contributed by atoms with E-state index in [-0.39, 0.29) is 18.9 Å². The lowest BCUT2D eigenvalue weighted by molar-refractivity contribution is -0.385. The van der Waals surface area contributed by atoms with Gasteiger partial charge in [0.15, 0.2) is 11.6 Å². The van der Waals surface area contributed by atoms with Gasteiger partial charge in [-0.1, -0.05) is 13.8 Å². The van der Waals surface area contributed by atoms with E-state index in [0.29, 0.717) is 12.1 Å². The number of carbonyl (C=O) groups is 1. The molecule has 1 unspecified atom stereocenters. The number of carbonyl (C=O) groups excluding carboxylic acids is 1. The van der Waals surface area contributed by atoms with Crippen LogP contribution >= 0.6 is 0 Å². The summed E-state index contributed by atoms with van der Waals surface area (Å²) in [6.45, 7) is 3.41. The molecule has 2 N–H and O–H groups in total.